The van der Waals surface area contributed by atoms with E-state index in [1.165, 1.54) is 44.2 Å². The van der Waals surface area contributed by atoms with Crippen molar-refractivity contribution < 1.29 is 28.2 Å². The van der Waals surface area contributed by atoms with Gasteiger partial charge < -0.3 is 14.2 Å². The molecule has 1 heterocycles. The Bertz CT molecular complexity index is 942. The molecule has 0 N–H and O–H groups in total. The van der Waals surface area contributed by atoms with E-state index in [1.54, 1.807) is 12.1 Å². The molecular weight excluding hydrogens is 410 g/mol. The van der Waals surface area contributed by atoms with Gasteiger partial charge in [0.2, 0.25) is 0 Å². The monoisotopic (exact) mass is 424 g/mol. The molecule has 0 aliphatic carbocycles. The first-order valence-corrected chi connectivity index (χ1v) is 8.95. The minimum Gasteiger partial charge on any atom is -0.488 e. The summed E-state index contributed by atoms with van der Waals surface area (Å²) in [5.41, 5.74) is 0.190. The van der Waals surface area contributed by atoms with Gasteiger partial charge in [-0.3, -0.25) is 0 Å². The predicted octanol–water partition coefficient (Wildman–Crippen LogP) is 4.93. The molecular formula is C20H15Cl2FO5. The van der Waals surface area contributed by atoms with E-state index in [0.29, 0.717) is 10.6 Å². The summed E-state index contributed by atoms with van der Waals surface area (Å²) in [7, 11) is 0. The number of esters is 2. The van der Waals surface area contributed by atoms with E-state index in [9.17, 15) is 14.0 Å². The van der Waals surface area contributed by atoms with Gasteiger partial charge in [0.25, 0.3) is 5.79 Å². The molecule has 0 unspecified atom stereocenters. The van der Waals surface area contributed by atoms with Crippen molar-refractivity contribution in [2.45, 2.75) is 26.2 Å². The van der Waals surface area contributed by atoms with Gasteiger partial charge in [-0.1, -0.05) is 29.3 Å². The smallest absolute Gasteiger partial charge is 0.348 e. The van der Waals surface area contributed by atoms with Crippen LogP contribution >= 0.6 is 23.2 Å². The molecule has 0 aromatic heterocycles. The summed E-state index contributed by atoms with van der Waals surface area (Å²) >= 11 is 12.0. The molecule has 28 heavy (non-hydrogen) atoms. The van der Waals surface area contributed by atoms with Crippen LogP contribution in [0.25, 0.3) is 6.08 Å². The van der Waals surface area contributed by atoms with Crippen molar-refractivity contribution in [3.63, 3.8) is 0 Å². The summed E-state index contributed by atoms with van der Waals surface area (Å²) in [6.45, 7) is 2.74. The van der Waals surface area contributed by atoms with E-state index in [2.05, 4.69) is 0 Å². The number of hydrogen-bond acceptors (Lipinski definition) is 5. The lowest BCUT2D eigenvalue weighted by molar-refractivity contribution is -0.222. The Balaban J connectivity index is 1.91. The molecule has 1 fully saturated rings. The highest BCUT2D eigenvalue weighted by Gasteiger charge is 2.39. The summed E-state index contributed by atoms with van der Waals surface area (Å²) in [4.78, 5) is 24.3. The van der Waals surface area contributed by atoms with Gasteiger partial charge in [0.15, 0.2) is 0 Å². The zero-order valence-electron chi connectivity index (χ0n) is 14.9. The average molecular weight is 425 g/mol. The number of hydrogen-bond donors (Lipinski definition) is 0. The lowest BCUT2D eigenvalue weighted by Crippen LogP contribution is -2.41. The van der Waals surface area contributed by atoms with Crippen LogP contribution in [0.3, 0.4) is 0 Å². The first-order valence-electron chi connectivity index (χ1n) is 8.20. The van der Waals surface area contributed by atoms with Gasteiger partial charge in [-0.25, -0.2) is 14.0 Å². The third kappa shape index (κ3) is 4.46. The normalized spacial score (nSPS) is 15.7. The lowest BCUT2D eigenvalue weighted by atomic mass is 10.1. The summed E-state index contributed by atoms with van der Waals surface area (Å²) in [6.07, 6.45) is 1.25. The Kier molecular flexibility index (Phi) is 5.63. The maximum absolute atomic E-state index is 13.9. The molecule has 5 nitrogen and oxygen atoms in total. The number of carbonyl (C=O) groups excluding carboxylic acids is 2. The Labute approximate surface area is 170 Å². The second-order valence-electron chi connectivity index (χ2n) is 6.41. The fourth-order valence-corrected chi connectivity index (χ4v) is 2.92. The van der Waals surface area contributed by atoms with Gasteiger partial charge in [0, 0.05) is 30.0 Å². The predicted molar refractivity (Wildman–Crippen MR) is 101 cm³/mol. The molecule has 1 saturated heterocycles. The maximum atomic E-state index is 13.9. The standard InChI is InChI=1S/C20H15Cl2FO5/c1-20(2)27-18(24)13(19(25)28-20)9-11-8-12(21)6-7-17(11)26-10-14-15(22)4-3-5-16(14)23/h3-9H,10H2,1-2H3. The van der Waals surface area contributed by atoms with Gasteiger partial charge in [0.05, 0.1) is 5.02 Å². The van der Waals surface area contributed by atoms with Crippen molar-refractivity contribution >= 4 is 41.2 Å². The molecule has 146 valence electrons. The van der Waals surface area contributed by atoms with E-state index >= 15 is 0 Å². The van der Waals surface area contributed by atoms with Crippen molar-refractivity contribution in [3.05, 3.63) is 69.0 Å². The fraction of sp³-hybridized carbons (Fsp3) is 0.200. The van der Waals surface area contributed by atoms with Crippen molar-refractivity contribution in [2.75, 3.05) is 0 Å². The zero-order valence-corrected chi connectivity index (χ0v) is 16.4. The second-order valence-corrected chi connectivity index (χ2v) is 7.25. The highest BCUT2D eigenvalue weighted by Crippen LogP contribution is 2.30. The largest absolute Gasteiger partial charge is 0.488 e. The average Bonchev–Trinajstić information content (AvgIpc) is 2.58. The van der Waals surface area contributed by atoms with Crippen molar-refractivity contribution in [1.29, 1.82) is 0 Å². The van der Waals surface area contributed by atoms with Crippen LogP contribution < -0.4 is 4.74 Å². The number of ether oxygens (including phenoxy) is 3. The SMILES string of the molecule is CC1(C)OC(=O)C(=Cc2cc(Cl)ccc2OCc2c(F)cccc2Cl)C(=O)O1. The van der Waals surface area contributed by atoms with Gasteiger partial charge >= 0.3 is 11.9 Å². The third-order valence-electron chi connectivity index (χ3n) is 3.82. The van der Waals surface area contributed by atoms with Gasteiger partial charge in [-0.15, -0.1) is 0 Å². The number of benzene rings is 2. The second kappa shape index (κ2) is 7.81. The Morgan fingerprint density at radius 2 is 1.79 bits per heavy atom. The number of rotatable bonds is 4. The quantitative estimate of drug-likeness (QED) is 0.395. The highest BCUT2D eigenvalue weighted by atomic mass is 35.5. The van der Waals surface area contributed by atoms with E-state index in [-0.39, 0.29) is 28.5 Å². The van der Waals surface area contributed by atoms with Crippen LogP contribution in [0.4, 0.5) is 4.39 Å². The van der Waals surface area contributed by atoms with Crippen LogP contribution in [0.1, 0.15) is 25.0 Å². The number of halogens is 3. The summed E-state index contributed by atoms with van der Waals surface area (Å²) in [5, 5.41) is 0.566. The van der Waals surface area contributed by atoms with Gasteiger partial charge in [-0.2, -0.15) is 0 Å². The topological polar surface area (TPSA) is 61.8 Å². The molecule has 8 heteroatoms. The van der Waals surface area contributed by atoms with Crippen LogP contribution in [0.15, 0.2) is 42.0 Å². The molecule has 0 radical (unpaired) electrons. The van der Waals surface area contributed by atoms with Gasteiger partial charge in [0.1, 0.15) is 23.7 Å². The van der Waals surface area contributed by atoms with E-state index in [4.69, 9.17) is 37.4 Å². The summed E-state index contributed by atoms with van der Waals surface area (Å²) in [6, 6.07) is 8.89. The molecule has 0 bridgehead atoms. The van der Waals surface area contributed by atoms with Crippen molar-refractivity contribution in [2.24, 2.45) is 0 Å². The number of carbonyl (C=O) groups is 2. The van der Waals surface area contributed by atoms with Crippen LogP contribution in [0.5, 0.6) is 5.75 Å². The van der Waals surface area contributed by atoms with E-state index < -0.39 is 23.5 Å². The van der Waals surface area contributed by atoms with Crippen molar-refractivity contribution in [3.8, 4) is 5.75 Å². The molecule has 1 aliphatic rings. The van der Waals surface area contributed by atoms with Crippen LogP contribution in [-0.2, 0) is 25.7 Å². The molecule has 0 spiro atoms. The molecule has 2 aromatic rings. The third-order valence-corrected chi connectivity index (χ3v) is 4.41. The van der Waals surface area contributed by atoms with Gasteiger partial charge in [-0.05, 0) is 36.4 Å². The molecule has 2 aromatic carbocycles. The van der Waals surface area contributed by atoms with E-state index in [0.717, 1.165) is 0 Å². The van der Waals surface area contributed by atoms with Crippen LogP contribution in [0.2, 0.25) is 10.0 Å². The molecule has 0 atom stereocenters. The molecule has 3 rings (SSSR count). The Morgan fingerprint density at radius 1 is 1.11 bits per heavy atom. The first-order chi connectivity index (χ1) is 13.2. The maximum Gasteiger partial charge on any atom is 0.348 e. The van der Waals surface area contributed by atoms with E-state index in [1.807, 2.05) is 0 Å². The zero-order chi connectivity index (χ0) is 20.5. The number of cyclic esters (lactones) is 2. The van der Waals surface area contributed by atoms with Crippen LogP contribution in [-0.4, -0.2) is 17.7 Å². The molecule has 1 aliphatic heterocycles. The molecule has 0 saturated carbocycles. The Morgan fingerprint density at radius 3 is 2.43 bits per heavy atom. The minimum absolute atomic E-state index is 0.161. The first kappa shape index (κ1) is 20.2. The Hall–Kier alpha value is -2.57. The fourth-order valence-electron chi connectivity index (χ4n) is 2.52. The molecule has 0 amide bonds. The summed E-state index contributed by atoms with van der Waals surface area (Å²) in [5.74, 6) is -3.25. The minimum atomic E-state index is -1.35. The van der Waals surface area contributed by atoms with Crippen molar-refractivity contribution in [1.82, 2.24) is 0 Å². The van der Waals surface area contributed by atoms with Crippen LogP contribution in [0, 0.1) is 5.82 Å². The lowest BCUT2D eigenvalue weighted by Gasteiger charge is -2.29. The highest BCUT2D eigenvalue weighted by molar-refractivity contribution is 6.31. The summed E-state index contributed by atoms with van der Waals surface area (Å²) < 4.78 is 29.7.